The number of aliphatic hydroxyl groups excluding tert-OH is 1. The van der Waals surface area contributed by atoms with Crippen LogP contribution in [-0.4, -0.2) is 49.8 Å². The number of amides is 2. The molecule has 0 aliphatic carbocycles. The molecule has 22 heavy (non-hydrogen) atoms. The molecule has 1 saturated heterocycles. The van der Waals surface area contributed by atoms with Crippen LogP contribution in [0.15, 0.2) is 12.2 Å². The summed E-state index contributed by atoms with van der Waals surface area (Å²) in [7, 11) is 1.60. The van der Waals surface area contributed by atoms with Crippen LogP contribution in [0.1, 0.15) is 25.7 Å². The van der Waals surface area contributed by atoms with Crippen LogP contribution < -0.4 is 10.6 Å². The number of methoxy groups -OCH3 is 1. The Morgan fingerprint density at radius 2 is 2.36 bits per heavy atom. The monoisotopic (exact) mass is 308 g/mol. The largest absolute Gasteiger partial charge is 0.396 e. The minimum absolute atomic E-state index is 0.121. The first-order valence-electron chi connectivity index (χ1n) is 7.41. The zero-order valence-electron chi connectivity index (χ0n) is 13.0. The summed E-state index contributed by atoms with van der Waals surface area (Å²) in [6.45, 7) is 5.00. The van der Waals surface area contributed by atoms with E-state index < -0.39 is 0 Å². The second kappa shape index (κ2) is 10.1. The zero-order chi connectivity index (χ0) is 16.4. The van der Waals surface area contributed by atoms with Crippen LogP contribution >= 0.6 is 0 Å². The molecule has 0 aromatic rings. The molecule has 6 nitrogen and oxygen atoms in total. The summed E-state index contributed by atoms with van der Waals surface area (Å²) < 4.78 is 5.14. The van der Waals surface area contributed by atoms with Crippen LogP contribution in [0.25, 0.3) is 0 Å². The normalized spacial score (nSPS) is 19.1. The van der Waals surface area contributed by atoms with Crippen LogP contribution in [0.5, 0.6) is 0 Å². The van der Waals surface area contributed by atoms with Gasteiger partial charge < -0.3 is 15.2 Å². The van der Waals surface area contributed by atoms with Gasteiger partial charge in [-0.05, 0) is 18.4 Å². The van der Waals surface area contributed by atoms with Crippen LogP contribution in [0.4, 0.5) is 0 Å². The summed E-state index contributed by atoms with van der Waals surface area (Å²) >= 11 is 0. The highest BCUT2D eigenvalue weighted by Gasteiger charge is 2.26. The Morgan fingerprint density at radius 3 is 3.00 bits per heavy atom. The van der Waals surface area contributed by atoms with Gasteiger partial charge in [-0.15, -0.1) is 5.92 Å². The Bertz CT molecular complexity index is 465. The molecule has 1 aliphatic rings. The predicted molar refractivity (Wildman–Crippen MR) is 82.8 cm³/mol. The third-order valence-electron chi connectivity index (χ3n) is 3.38. The fraction of sp³-hybridized carbons (Fsp3) is 0.625. The van der Waals surface area contributed by atoms with E-state index in [4.69, 9.17) is 9.84 Å². The summed E-state index contributed by atoms with van der Waals surface area (Å²) in [6.07, 6.45) is 2.12. The van der Waals surface area contributed by atoms with E-state index in [0.29, 0.717) is 38.8 Å². The number of carbonyl (C=O) groups is 2. The van der Waals surface area contributed by atoms with Crippen LogP contribution in [0.3, 0.4) is 0 Å². The summed E-state index contributed by atoms with van der Waals surface area (Å²) in [4.78, 5) is 22.7. The van der Waals surface area contributed by atoms with Gasteiger partial charge in [0.25, 0.3) is 0 Å². The first-order valence-corrected chi connectivity index (χ1v) is 7.41. The average molecular weight is 308 g/mol. The highest BCUT2D eigenvalue weighted by molar-refractivity contribution is 6.00. The SMILES string of the molecule is C=C(CNC1CCC(=O)NC1=O)C(C#CCCCO)COC. The van der Waals surface area contributed by atoms with E-state index in [1.807, 2.05) is 0 Å². The molecule has 1 heterocycles. The fourth-order valence-electron chi connectivity index (χ4n) is 2.06. The molecule has 0 saturated carbocycles. The van der Waals surface area contributed by atoms with Crippen LogP contribution in [-0.2, 0) is 14.3 Å². The van der Waals surface area contributed by atoms with Crippen molar-refractivity contribution >= 4 is 11.8 Å². The van der Waals surface area contributed by atoms with Gasteiger partial charge in [0.1, 0.15) is 0 Å². The number of rotatable bonds is 8. The molecule has 6 heteroatoms. The van der Waals surface area contributed by atoms with Crippen molar-refractivity contribution in [2.75, 3.05) is 26.9 Å². The van der Waals surface area contributed by atoms with Crippen LogP contribution in [0, 0.1) is 17.8 Å². The van der Waals surface area contributed by atoms with Crippen molar-refractivity contribution in [3.05, 3.63) is 12.2 Å². The molecule has 2 atom stereocenters. The smallest absolute Gasteiger partial charge is 0.243 e. The molecule has 0 radical (unpaired) electrons. The fourth-order valence-corrected chi connectivity index (χ4v) is 2.06. The van der Waals surface area contributed by atoms with Crippen LogP contribution in [0.2, 0.25) is 0 Å². The maximum atomic E-state index is 11.7. The van der Waals surface area contributed by atoms with Gasteiger partial charge >= 0.3 is 0 Å². The average Bonchev–Trinajstić information content (AvgIpc) is 2.49. The molecule has 0 aromatic heterocycles. The molecular formula is C16H24N2O4. The molecule has 2 unspecified atom stereocenters. The van der Waals surface area contributed by atoms with Crippen molar-refractivity contribution in [2.24, 2.45) is 5.92 Å². The van der Waals surface area contributed by atoms with Gasteiger partial charge in [-0.2, -0.15) is 0 Å². The molecule has 1 rings (SSSR count). The standard InChI is InChI=1S/C16H24N2O4/c1-12(13(11-22-2)6-4-3-5-9-19)10-17-14-7-8-15(20)18-16(14)21/h13-14,17,19H,1,3,5,7-11H2,2H3,(H,18,20,21). The number of imide groups is 1. The van der Waals surface area contributed by atoms with E-state index in [1.54, 1.807) is 7.11 Å². The summed E-state index contributed by atoms with van der Waals surface area (Å²) in [5.41, 5.74) is 0.836. The first-order chi connectivity index (χ1) is 10.6. The third-order valence-corrected chi connectivity index (χ3v) is 3.38. The molecule has 122 valence electrons. The molecule has 3 N–H and O–H groups in total. The molecule has 2 amide bonds. The second-order valence-electron chi connectivity index (χ2n) is 5.20. The van der Waals surface area contributed by atoms with Crippen molar-refractivity contribution < 1.29 is 19.4 Å². The number of piperidine rings is 1. The number of carbonyl (C=O) groups excluding carboxylic acids is 2. The molecular weight excluding hydrogens is 284 g/mol. The van der Waals surface area contributed by atoms with Crippen molar-refractivity contribution in [1.82, 2.24) is 10.6 Å². The molecule has 1 fully saturated rings. The number of ether oxygens (including phenoxy) is 1. The van der Waals surface area contributed by atoms with Gasteiger partial charge in [-0.1, -0.05) is 12.5 Å². The summed E-state index contributed by atoms with van der Waals surface area (Å²) in [6, 6.07) is -0.375. The lowest BCUT2D eigenvalue weighted by Crippen LogP contribution is -2.51. The first kappa shape index (κ1) is 18.4. The maximum Gasteiger partial charge on any atom is 0.243 e. The molecule has 0 bridgehead atoms. The van der Waals surface area contributed by atoms with Gasteiger partial charge in [0.15, 0.2) is 0 Å². The van der Waals surface area contributed by atoms with E-state index in [9.17, 15) is 9.59 Å². The number of hydrogen-bond acceptors (Lipinski definition) is 5. The maximum absolute atomic E-state index is 11.7. The lowest BCUT2D eigenvalue weighted by molar-refractivity contribution is -0.134. The Kier molecular flexibility index (Phi) is 8.44. The number of hydrogen-bond donors (Lipinski definition) is 3. The third kappa shape index (κ3) is 6.39. The van der Waals surface area contributed by atoms with E-state index in [2.05, 4.69) is 29.1 Å². The minimum atomic E-state index is -0.375. The quantitative estimate of drug-likeness (QED) is 0.254. The number of nitrogens with one attached hydrogen (secondary N) is 2. The van der Waals surface area contributed by atoms with Gasteiger partial charge in [0.2, 0.25) is 11.8 Å². The highest BCUT2D eigenvalue weighted by atomic mass is 16.5. The van der Waals surface area contributed by atoms with Gasteiger partial charge in [-0.25, -0.2) is 0 Å². The predicted octanol–water partition coefficient (Wildman–Crippen LogP) is -0.0241. The minimum Gasteiger partial charge on any atom is -0.396 e. The second-order valence-corrected chi connectivity index (χ2v) is 5.20. The highest BCUT2D eigenvalue weighted by Crippen LogP contribution is 2.10. The van der Waals surface area contributed by atoms with E-state index >= 15 is 0 Å². The van der Waals surface area contributed by atoms with Crippen molar-refractivity contribution in [1.29, 1.82) is 0 Å². The Labute approximate surface area is 131 Å². The van der Waals surface area contributed by atoms with Gasteiger partial charge in [0, 0.05) is 33.1 Å². The Morgan fingerprint density at radius 1 is 1.59 bits per heavy atom. The summed E-state index contributed by atoms with van der Waals surface area (Å²) in [5, 5.41) is 14.1. The lowest BCUT2D eigenvalue weighted by atomic mass is 10.00. The number of unbranched alkanes of at least 4 members (excludes halogenated alkanes) is 1. The Balaban J connectivity index is 2.46. The lowest BCUT2D eigenvalue weighted by Gasteiger charge is -2.23. The van der Waals surface area contributed by atoms with Crippen molar-refractivity contribution in [3.63, 3.8) is 0 Å². The van der Waals surface area contributed by atoms with E-state index in [-0.39, 0.29) is 30.4 Å². The molecule has 0 spiro atoms. The van der Waals surface area contributed by atoms with Gasteiger partial charge in [0.05, 0.1) is 18.6 Å². The van der Waals surface area contributed by atoms with Crippen molar-refractivity contribution in [3.8, 4) is 11.8 Å². The number of aliphatic hydroxyl groups is 1. The topological polar surface area (TPSA) is 87.7 Å². The van der Waals surface area contributed by atoms with Crippen molar-refractivity contribution in [2.45, 2.75) is 31.7 Å². The summed E-state index contributed by atoms with van der Waals surface area (Å²) in [5.74, 6) is 5.44. The molecule has 0 aromatic carbocycles. The van der Waals surface area contributed by atoms with Gasteiger partial charge in [-0.3, -0.25) is 14.9 Å². The van der Waals surface area contributed by atoms with E-state index in [1.165, 1.54) is 0 Å². The van der Waals surface area contributed by atoms with E-state index in [0.717, 1.165) is 5.57 Å². The molecule has 1 aliphatic heterocycles. The Hall–Kier alpha value is -1.68. The zero-order valence-corrected chi connectivity index (χ0v) is 13.0.